The molecule has 0 aliphatic rings. The predicted molar refractivity (Wildman–Crippen MR) is 77.3 cm³/mol. The Morgan fingerprint density at radius 2 is 1.68 bits per heavy atom. The molecule has 0 fully saturated rings. The van der Waals surface area contributed by atoms with Crippen LogP contribution in [-0.2, 0) is 5.33 Å². The Labute approximate surface area is 123 Å². The first-order valence-electron chi connectivity index (χ1n) is 5.50. The smallest absolute Gasteiger partial charge is 0.198 e. The van der Waals surface area contributed by atoms with Gasteiger partial charge in [-0.3, -0.25) is 0 Å². The van der Waals surface area contributed by atoms with Gasteiger partial charge in [0, 0.05) is 10.2 Å². The summed E-state index contributed by atoms with van der Waals surface area (Å²) in [5, 5.41) is 0.392. The standard InChI is InChI=1S/C14H11BrF2OS/c1-19-11-4-2-10(3-5-11)18-14-12(16)6-9(8-15)7-13(14)17/h2-7H,8H2,1H3. The van der Waals surface area contributed by atoms with Crippen molar-refractivity contribution in [2.24, 2.45) is 0 Å². The second-order valence-corrected chi connectivity index (χ2v) is 5.24. The lowest BCUT2D eigenvalue weighted by atomic mass is 10.2. The van der Waals surface area contributed by atoms with E-state index >= 15 is 0 Å². The van der Waals surface area contributed by atoms with Crippen LogP contribution in [0.5, 0.6) is 11.5 Å². The first kappa shape index (κ1) is 14.3. The minimum absolute atomic E-state index is 0.374. The van der Waals surface area contributed by atoms with Crippen LogP contribution in [-0.4, -0.2) is 6.26 Å². The highest BCUT2D eigenvalue weighted by Gasteiger charge is 2.13. The van der Waals surface area contributed by atoms with Crippen LogP contribution in [0, 0.1) is 11.6 Å². The fraction of sp³-hybridized carbons (Fsp3) is 0.143. The normalized spacial score (nSPS) is 10.5. The molecule has 2 aromatic carbocycles. The molecule has 1 nitrogen and oxygen atoms in total. The fourth-order valence-corrected chi connectivity index (χ4v) is 2.28. The van der Waals surface area contributed by atoms with Gasteiger partial charge in [0.25, 0.3) is 0 Å². The molecule has 0 aliphatic carbocycles. The van der Waals surface area contributed by atoms with E-state index in [1.54, 1.807) is 23.9 Å². The zero-order chi connectivity index (χ0) is 13.8. The molecule has 19 heavy (non-hydrogen) atoms. The van der Waals surface area contributed by atoms with Crippen LogP contribution in [0.2, 0.25) is 0 Å². The van der Waals surface area contributed by atoms with Gasteiger partial charge in [-0.2, -0.15) is 0 Å². The summed E-state index contributed by atoms with van der Waals surface area (Å²) in [5.74, 6) is -1.38. The van der Waals surface area contributed by atoms with E-state index in [4.69, 9.17) is 4.74 Å². The summed E-state index contributed by atoms with van der Waals surface area (Å²) >= 11 is 4.74. The summed E-state index contributed by atoms with van der Waals surface area (Å²) in [6.07, 6.45) is 1.95. The third-order valence-corrected chi connectivity index (χ3v) is 3.88. The molecule has 0 atom stereocenters. The van der Waals surface area contributed by atoms with E-state index in [9.17, 15) is 8.78 Å². The van der Waals surface area contributed by atoms with Crippen LogP contribution >= 0.6 is 27.7 Å². The number of hydrogen-bond acceptors (Lipinski definition) is 2. The summed E-state index contributed by atoms with van der Waals surface area (Å²) in [6.45, 7) is 0. The van der Waals surface area contributed by atoms with Crippen LogP contribution in [0.15, 0.2) is 41.3 Å². The molecular formula is C14H11BrF2OS. The molecule has 0 amide bonds. The van der Waals surface area contributed by atoms with Crippen molar-refractivity contribution in [3.05, 3.63) is 53.6 Å². The first-order valence-corrected chi connectivity index (χ1v) is 7.84. The van der Waals surface area contributed by atoms with Gasteiger partial charge >= 0.3 is 0 Å². The molecule has 0 spiro atoms. The first-order chi connectivity index (χ1) is 9.13. The second-order valence-electron chi connectivity index (χ2n) is 3.80. The highest BCUT2D eigenvalue weighted by Crippen LogP contribution is 2.30. The van der Waals surface area contributed by atoms with Crippen molar-refractivity contribution in [1.82, 2.24) is 0 Å². The average Bonchev–Trinajstić information content (AvgIpc) is 2.43. The Morgan fingerprint density at radius 3 is 2.16 bits per heavy atom. The molecule has 0 unspecified atom stereocenters. The summed E-state index contributed by atoms with van der Waals surface area (Å²) in [7, 11) is 0. The van der Waals surface area contributed by atoms with Crippen LogP contribution in [0.4, 0.5) is 8.78 Å². The van der Waals surface area contributed by atoms with Gasteiger partial charge in [0.05, 0.1) is 0 Å². The molecule has 0 radical (unpaired) electrons. The molecular weight excluding hydrogens is 334 g/mol. The summed E-state index contributed by atoms with van der Waals surface area (Å²) < 4.78 is 32.7. The van der Waals surface area contributed by atoms with Gasteiger partial charge in [-0.1, -0.05) is 15.9 Å². The van der Waals surface area contributed by atoms with Crippen molar-refractivity contribution in [3.8, 4) is 11.5 Å². The van der Waals surface area contributed by atoms with Gasteiger partial charge in [0.2, 0.25) is 0 Å². The summed E-state index contributed by atoms with van der Waals surface area (Å²) in [6, 6.07) is 9.55. The average molecular weight is 345 g/mol. The Hall–Kier alpha value is -1.07. The predicted octanol–water partition coefficient (Wildman–Crippen LogP) is 5.37. The Bertz CT molecular complexity index is 549. The number of halogens is 3. The monoisotopic (exact) mass is 344 g/mol. The van der Waals surface area contributed by atoms with Gasteiger partial charge in [0.15, 0.2) is 17.4 Å². The van der Waals surface area contributed by atoms with E-state index in [0.29, 0.717) is 16.6 Å². The van der Waals surface area contributed by atoms with Crippen LogP contribution in [0.1, 0.15) is 5.56 Å². The lowest BCUT2D eigenvalue weighted by Crippen LogP contribution is -1.94. The van der Waals surface area contributed by atoms with Crippen molar-refractivity contribution in [2.45, 2.75) is 10.2 Å². The van der Waals surface area contributed by atoms with E-state index in [2.05, 4.69) is 15.9 Å². The van der Waals surface area contributed by atoms with Crippen molar-refractivity contribution in [1.29, 1.82) is 0 Å². The maximum Gasteiger partial charge on any atom is 0.198 e. The van der Waals surface area contributed by atoms with E-state index in [-0.39, 0.29) is 5.75 Å². The van der Waals surface area contributed by atoms with Gasteiger partial charge in [-0.25, -0.2) is 8.78 Å². The third kappa shape index (κ3) is 3.48. The van der Waals surface area contributed by atoms with Gasteiger partial charge in [0.1, 0.15) is 5.75 Å². The quantitative estimate of drug-likeness (QED) is 0.544. The molecule has 2 aromatic rings. The van der Waals surface area contributed by atoms with Crippen LogP contribution in [0.25, 0.3) is 0 Å². The fourth-order valence-electron chi connectivity index (χ4n) is 1.55. The Kier molecular flexibility index (Phi) is 4.82. The molecule has 5 heteroatoms. The van der Waals surface area contributed by atoms with Crippen LogP contribution < -0.4 is 4.74 Å². The molecule has 0 N–H and O–H groups in total. The number of rotatable bonds is 4. The van der Waals surface area contributed by atoms with Gasteiger partial charge in [-0.15, -0.1) is 11.8 Å². The largest absolute Gasteiger partial charge is 0.451 e. The van der Waals surface area contributed by atoms with E-state index < -0.39 is 11.6 Å². The number of alkyl halides is 1. The van der Waals surface area contributed by atoms with Crippen molar-refractivity contribution < 1.29 is 13.5 Å². The number of hydrogen-bond donors (Lipinski definition) is 0. The highest BCUT2D eigenvalue weighted by atomic mass is 79.9. The molecule has 0 bridgehead atoms. The highest BCUT2D eigenvalue weighted by molar-refractivity contribution is 9.08. The molecule has 100 valence electrons. The molecule has 0 heterocycles. The second kappa shape index (κ2) is 6.39. The van der Waals surface area contributed by atoms with Gasteiger partial charge in [-0.05, 0) is 48.2 Å². The summed E-state index contributed by atoms with van der Waals surface area (Å²) in [4.78, 5) is 1.06. The molecule has 0 saturated carbocycles. The van der Waals surface area contributed by atoms with E-state index in [1.807, 2.05) is 18.4 Å². The number of ether oxygens (including phenoxy) is 1. The van der Waals surface area contributed by atoms with Crippen molar-refractivity contribution in [3.63, 3.8) is 0 Å². The minimum atomic E-state index is -0.705. The zero-order valence-corrected chi connectivity index (χ0v) is 12.5. The minimum Gasteiger partial charge on any atom is -0.451 e. The van der Waals surface area contributed by atoms with E-state index in [0.717, 1.165) is 4.90 Å². The van der Waals surface area contributed by atoms with E-state index in [1.165, 1.54) is 12.1 Å². The van der Waals surface area contributed by atoms with Gasteiger partial charge < -0.3 is 4.74 Å². The lowest BCUT2D eigenvalue weighted by Gasteiger charge is -2.09. The number of benzene rings is 2. The SMILES string of the molecule is CSc1ccc(Oc2c(F)cc(CBr)cc2F)cc1. The van der Waals surface area contributed by atoms with Crippen LogP contribution in [0.3, 0.4) is 0 Å². The molecule has 0 saturated heterocycles. The molecule has 0 aliphatic heterocycles. The van der Waals surface area contributed by atoms with Crippen molar-refractivity contribution in [2.75, 3.05) is 6.26 Å². The Morgan fingerprint density at radius 1 is 1.11 bits per heavy atom. The van der Waals surface area contributed by atoms with Crippen molar-refractivity contribution >= 4 is 27.7 Å². The maximum absolute atomic E-state index is 13.7. The lowest BCUT2D eigenvalue weighted by molar-refractivity contribution is 0.406. The molecule has 2 rings (SSSR count). The Balaban J connectivity index is 2.27. The molecule has 0 aromatic heterocycles. The maximum atomic E-state index is 13.7. The third-order valence-electron chi connectivity index (χ3n) is 2.49. The zero-order valence-electron chi connectivity index (χ0n) is 10.1. The topological polar surface area (TPSA) is 9.23 Å². The number of thioether (sulfide) groups is 1. The summed E-state index contributed by atoms with van der Waals surface area (Å²) in [5.41, 5.74) is 0.528.